The molecule has 4 unspecified atom stereocenters. The number of carbonyl (C=O) groups is 1. The molecular weight excluding hydrogens is 634 g/mol. The van der Waals surface area contributed by atoms with Crippen molar-refractivity contribution in [2.75, 3.05) is 6.61 Å². The van der Waals surface area contributed by atoms with Crippen molar-refractivity contribution in [2.24, 2.45) is 0 Å². The largest absolute Gasteiger partial charge is 0.394 e. The molecule has 0 rings (SSSR count). The monoisotopic (exact) mass is 722 g/mol. The van der Waals surface area contributed by atoms with Crippen LogP contribution in [-0.4, -0.2) is 57.3 Å². The van der Waals surface area contributed by atoms with Crippen molar-refractivity contribution in [1.82, 2.24) is 5.32 Å². The van der Waals surface area contributed by atoms with Crippen molar-refractivity contribution in [1.29, 1.82) is 0 Å². The summed E-state index contributed by atoms with van der Waals surface area (Å²) in [7, 11) is 0. The maximum absolute atomic E-state index is 12.5. The zero-order chi connectivity index (χ0) is 37.5. The van der Waals surface area contributed by atoms with Crippen molar-refractivity contribution in [3.05, 3.63) is 24.3 Å². The van der Waals surface area contributed by atoms with Crippen LogP contribution in [0.5, 0.6) is 0 Å². The van der Waals surface area contributed by atoms with Gasteiger partial charge in [0.15, 0.2) is 0 Å². The number of allylic oxidation sites excluding steroid dienone is 4. The Kier molecular flexibility index (Phi) is 39.0. The second kappa shape index (κ2) is 40.0. The molecule has 51 heavy (non-hydrogen) atoms. The molecule has 0 bridgehead atoms. The standard InChI is InChI=1S/C45H87NO5/c1-3-5-7-9-11-13-15-16-17-18-19-20-21-22-23-24-25-26-27-28-29-31-33-35-37-39-43(49)45(51)46-41(40-47)44(50)42(48)38-36-34-32-30-14-12-10-8-6-4-2/h8,10,30,32,41-44,47-50H,3-7,9,11-29,31,33-40H2,1-2H3,(H,46,51)/b10-8+,32-30+. The predicted octanol–water partition coefficient (Wildman–Crippen LogP) is 11.6. The van der Waals surface area contributed by atoms with Crippen LogP contribution in [0.1, 0.15) is 226 Å². The van der Waals surface area contributed by atoms with Gasteiger partial charge in [0.2, 0.25) is 5.91 Å². The first-order valence-corrected chi connectivity index (χ1v) is 22.2. The summed E-state index contributed by atoms with van der Waals surface area (Å²) >= 11 is 0. The second-order valence-corrected chi connectivity index (χ2v) is 15.4. The van der Waals surface area contributed by atoms with E-state index in [2.05, 4.69) is 43.5 Å². The summed E-state index contributed by atoms with van der Waals surface area (Å²) in [6.45, 7) is 3.96. The van der Waals surface area contributed by atoms with E-state index in [0.29, 0.717) is 19.3 Å². The number of aliphatic hydroxyl groups excluding tert-OH is 4. The number of rotatable bonds is 40. The van der Waals surface area contributed by atoms with Gasteiger partial charge in [0.05, 0.1) is 18.8 Å². The van der Waals surface area contributed by atoms with Crippen LogP contribution in [-0.2, 0) is 4.79 Å². The Labute approximate surface area is 316 Å². The van der Waals surface area contributed by atoms with E-state index >= 15 is 0 Å². The van der Waals surface area contributed by atoms with Crippen LogP contribution in [0.25, 0.3) is 0 Å². The molecule has 302 valence electrons. The van der Waals surface area contributed by atoms with Gasteiger partial charge in [0.1, 0.15) is 12.2 Å². The van der Waals surface area contributed by atoms with Crippen LogP contribution in [0.4, 0.5) is 0 Å². The number of hydrogen-bond acceptors (Lipinski definition) is 5. The molecule has 4 atom stereocenters. The van der Waals surface area contributed by atoms with E-state index in [-0.39, 0.29) is 0 Å². The van der Waals surface area contributed by atoms with E-state index in [0.717, 1.165) is 44.9 Å². The number of nitrogens with one attached hydrogen (secondary N) is 1. The fourth-order valence-corrected chi connectivity index (χ4v) is 6.84. The smallest absolute Gasteiger partial charge is 0.249 e. The summed E-state index contributed by atoms with van der Waals surface area (Å²) in [5, 5.41) is 43.5. The summed E-state index contributed by atoms with van der Waals surface area (Å²) < 4.78 is 0. The molecule has 0 aliphatic carbocycles. The summed E-state index contributed by atoms with van der Waals surface area (Å²) in [6.07, 6.45) is 45.2. The Hall–Kier alpha value is -1.21. The maximum Gasteiger partial charge on any atom is 0.249 e. The average Bonchev–Trinajstić information content (AvgIpc) is 3.13. The third-order valence-corrected chi connectivity index (χ3v) is 10.4. The van der Waals surface area contributed by atoms with Crippen LogP contribution in [0.3, 0.4) is 0 Å². The van der Waals surface area contributed by atoms with Crippen molar-refractivity contribution >= 4 is 5.91 Å². The van der Waals surface area contributed by atoms with E-state index in [9.17, 15) is 25.2 Å². The Balaban J connectivity index is 3.63. The fourth-order valence-electron chi connectivity index (χ4n) is 6.84. The summed E-state index contributed by atoms with van der Waals surface area (Å²) in [6, 6.07) is -1.00. The summed E-state index contributed by atoms with van der Waals surface area (Å²) in [4.78, 5) is 12.5. The summed E-state index contributed by atoms with van der Waals surface area (Å²) in [5.74, 6) is -0.597. The van der Waals surface area contributed by atoms with Gasteiger partial charge in [0, 0.05) is 0 Å². The fraction of sp³-hybridized carbons (Fsp3) is 0.889. The van der Waals surface area contributed by atoms with E-state index in [1.807, 2.05) is 0 Å². The lowest BCUT2D eigenvalue weighted by atomic mass is 10.00. The van der Waals surface area contributed by atoms with Crippen LogP contribution >= 0.6 is 0 Å². The zero-order valence-electron chi connectivity index (χ0n) is 33.9. The average molecular weight is 722 g/mol. The van der Waals surface area contributed by atoms with E-state index < -0.39 is 36.9 Å². The minimum atomic E-state index is -1.28. The van der Waals surface area contributed by atoms with Gasteiger partial charge in [-0.3, -0.25) is 4.79 Å². The van der Waals surface area contributed by atoms with Crippen molar-refractivity contribution in [3.63, 3.8) is 0 Å². The van der Waals surface area contributed by atoms with Gasteiger partial charge in [0.25, 0.3) is 0 Å². The molecule has 6 heteroatoms. The van der Waals surface area contributed by atoms with Gasteiger partial charge in [-0.1, -0.05) is 205 Å². The summed E-state index contributed by atoms with van der Waals surface area (Å²) in [5.41, 5.74) is 0. The third-order valence-electron chi connectivity index (χ3n) is 10.4. The Morgan fingerprint density at radius 3 is 1.24 bits per heavy atom. The third kappa shape index (κ3) is 34.3. The van der Waals surface area contributed by atoms with Gasteiger partial charge in [-0.25, -0.2) is 0 Å². The molecule has 0 aromatic carbocycles. The van der Waals surface area contributed by atoms with E-state index in [1.54, 1.807) is 0 Å². The molecule has 0 aliphatic heterocycles. The molecule has 0 spiro atoms. The molecule has 0 radical (unpaired) electrons. The quantitative estimate of drug-likeness (QED) is 0.0320. The van der Waals surface area contributed by atoms with E-state index in [1.165, 1.54) is 148 Å². The minimum Gasteiger partial charge on any atom is -0.394 e. The number of aliphatic hydroxyl groups is 4. The highest BCUT2D eigenvalue weighted by atomic mass is 16.3. The molecule has 0 heterocycles. The normalized spacial score (nSPS) is 14.4. The van der Waals surface area contributed by atoms with E-state index in [4.69, 9.17) is 0 Å². The molecule has 0 fully saturated rings. The highest BCUT2D eigenvalue weighted by molar-refractivity contribution is 5.80. The second-order valence-electron chi connectivity index (χ2n) is 15.4. The first kappa shape index (κ1) is 49.8. The van der Waals surface area contributed by atoms with Gasteiger partial charge in [-0.05, 0) is 44.9 Å². The highest BCUT2D eigenvalue weighted by Crippen LogP contribution is 2.17. The molecule has 0 saturated heterocycles. The van der Waals surface area contributed by atoms with Gasteiger partial charge in [-0.2, -0.15) is 0 Å². The van der Waals surface area contributed by atoms with Crippen molar-refractivity contribution < 1.29 is 25.2 Å². The number of unbranched alkanes of at least 4 members (excludes halogenated alkanes) is 27. The maximum atomic E-state index is 12.5. The lowest BCUT2D eigenvalue weighted by Crippen LogP contribution is -2.53. The lowest BCUT2D eigenvalue weighted by molar-refractivity contribution is -0.132. The molecule has 5 N–H and O–H groups in total. The van der Waals surface area contributed by atoms with Crippen LogP contribution < -0.4 is 5.32 Å². The Morgan fingerprint density at radius 2 is 0.843 bits per heavy atom. The van der Waals surface area contributed by atoms with Crippen LogP contribution in [0.15, 0.2) is 24.3 Å². The lowest BCUT2D eigenvalue weighted by Gasteiger charge is -2.27. The molecule has 1 amide bonds. The Bertz CT molecular complexity index is 772. The molecule has 0 saturated carbocycles. The van der Waals surface area contributed by atoms with Gasteiger partial charge in [-0.15, -0.1) is 0 Å². The predicted molar refractivity (Wildman–Crippen MR) is 219 cm³/mol. The first-order valence-electron chi connectivity index (χ1n) is 22.2. The topological polar surface area (TPSA) is 110 Å². The van der Waals surface area contributed by atoms with Crippen LogP contribution in [0.2, 0.25) is 0 Å². The molecule has 0 aromatic rings. The van der Waals surface area contributed by atoms with Crippen LogP contribution in [0, 0.1) is 0 Å². The Morgan fingerprint density at radius 1 is 0.471 bits per heavy atom. The zero-order valence-corrected chi connectivity index (χ0v) is 33.9. The highest BCUT2D eigenvalue weighted by Gasteiger charge is 2.28. The van der Waals surface area contributed by atoms with Crippen molar-refractivity contribution in [2.45, 2.75) is 250 Å². The minimum absolute atomic E-state index is 0.364. The number of hydrogen-bond donors (Lipinski definition) is 5. The SMILES string of the molecule is CCC/C=C/CC/C=C/CCCC(O)C(O)C(CO)NC(=O)C(O)CCCCCCCCCCCCCCCCCCCCCCCCCCC. The molecule has 0 aromatic heterocycles. The first-order chi connectivity index (χ1) is 25.0. The van der Waals surface area contributed by atoms with Gasteiger partial charge < -0.3 is 25.7 Å². The number of carbonyl (C=O) groups excluding carboxylic acids is 1. The number of amides is 1. The molecular formula is C45H87NO5. The van der Waals surface area contributed by atoms with Gasteiger partial charge >= 0.3 is 0 Å². The van der Waals surface area contributed by atoms with Crippen molar-refractivity contribution in [3.8, 4) is 0 Å². The molecule has 0 aliphatic rings. The molecule has 6 nitrogen and oxygen atoms in total.